The molecule has 0 saturated carbocycles. The van der Waals surface area contributed by atoms with Crippen molar-refractivity contribution in [3.8, 4) is 5.75 Å². The number of hydrogen-bond acceptors (Lipinski definition) is 3. The van der Waals surface area contributed by atoms with Crippen molar-refractivity contribution < 1.29 is 4.74 Å². The fraction of sp³-hybridized carbons (Fsp3) is 0.385. The van der Waals surface area contributed by atoms with E-state index in [0.717, 1.165) is 17.7 Å². The molecule has 0 saturated heterocycles. The Balaban J connectivity index is 2.95. The molecule has 0 spiro atoms. The highest BCUT2D eigenvalue weighted by Gasteiger charge is 2.13. The molecule has 0 amide bonds. The van der Waals surface area contributed by atoms with Crippen LogP contribution in [-0.4, -0.2) is 6.10 Å². The summed E-state index contributed by atoms with van der Waals surface area (Å²) < 4.78 is 5.74. The van der Waals surface area contributed by atoms with Crippen molar-refractivity contribution in [3.05, 3.63) is 42.5 Å². The molecule has 3 heteroatoms. The summed E-state index contributed by atoms with van der Waals surface area (Å²) in [6.07, 6.45) is 2.77. The van der Waals surface area contributed by atoms with E-state index in [1.165, 1.54) is 0 Å². The molecule has 0 aromatic heterocycles. The average molecular weight is 220 g/mol. The molecule has 3 nitrogen and oxygen atoms in total. The number of nitrogens with one attached hydrogen (secondary N) is 1. The Bertz CT molecular complexity index is 336. The lowest BCUT2D eigenvalue weighted by atomic mass is 10.0. The quantitative estimate of drug-likeness (QED) is 0.440. The van der Waals surface area contributed by atoms with Crippen LogP contribution in [0.15, 0.2) is 36.9 Å². The average Bonchev–Trinajstić information content (AvgIpc) is 2.26. The molecule has 88 valence electrons. The molecular formula is C13H20N2O. The summed E-state index contributed by atoms with van der Waals surface area (Å²) in [7, 11) is 0. The van der Waals surface area contributed by atoms with Crippen molar-refractivity contribution in [1.29, 1.82) is 0 Å². The molecule has 0 fully saturated rings. The highest BCUT2D eigenvalue weighted by molar-refractivity contribution is 5.36. The maximum absolute atomic E-state index is 5.74. The number of nitrogens with two attached hydrogens (primary N) is 1. The van der Waals surface area contributed by atoms with Gasteiger partial charge in [0, 0.05) is 5.56 Å². The number of hydrazine groups is 1. The number of rotatable bonds is 6. The molecule has 1 rings (SSSR count). The van der Waals surface area contributed by atoms with Gasteiger partial charge >= 0.3 is 0 Å². The third-order valence-electron chi connectivity index (χ3n) is 2.26. The summed E-state index contributed by atoms with van der Waals surface area (Å²) >= 11 is 0. The van der Waals surface area contributed by atoms with Crippen molar-refractivity contribution in [2.75, 3.05) is 0 Å². The van der Waals surface area contributed by atoms with Crippen LogP contribution in [0.4, 0.5) is 0 Å². The Labute approximate surface area is 97.3 Å². The molecule has 3 N–H and O–H groups in total. The number of benzene rings is 1. The first kappa shape index (κ1) is 12.7. The minimum Gasteiger partial charge on any atom is -0.491 e. The van der Waals surface area contributed by atoms with Crippen LogP contribution in [-0.2, 0) is 0 Å². The van der Waals surface area contributed by atoms with E-state index in [2.05, 4.69) is 12.0 Å². The lowest BCUT2D eigenvalue weighted by molar-refractivity contribution is 0.237. The van der Waals surface area contributed by atoms with Gasteiger partial charge in [0.15, 0.2) is 0 Å². The van der Waals surface area contributed by atoms with Crippen molar-refractivity contribution in [3.63, 3.8) is 0 Å². The Kier molecular flexibility index (Phi) is 5.02. The highest BCUT2D eigenvalue weighted by atomic mass is 16.5. The second kappa shape index (κ2) is 6.30. The van der Waals surface area contributed by atoms with Gasteiger partial charge in [0.1, 0.15) is 5.75 Å². The molecule has 0 aliphatic heterocycles. The molecule has 0 aliphatic rings. The summed E-state index contributed by atoms with van der Waals surface area (Å²) in [4.78, 5) is 0. The zero-order chi connectivity index (χ0) is 12.0. The molecule has 0 bridgehead atoms. The van der Waals surface area contributed by atoms with Gasteiger partial charge in [0.05, 0.1) is 12.1 Å². The van der Waals surface area contributed by atoms with Gasteiger partial charge in [0.2, 0.25) is 0 Å². The molecule has 1 atom stereocenters. The van der Waals surface area contributed by atoms with Gasteiger partial charge in [-0.05, 0) is 26.3 Å². The Morgan fingerprint density at radius 3 is 2.69 bits per heavy atom. The summed E-state index contributed by atoms with van der Waals surface area (Å²) in [6, 6.07) is 7.97. The Morgan fingerprint density at radius 1 is 1.44 bits per heavy atom. The van der Waals surface area contributed by atoms with Gasteiger partial charge < -0.3 is 4.74 Å². The smallest absolute Gasteiger partial charge is 0.124 e. The van der Waals surface area contributed by atoms with Gasteiger partial charge in [0.25, 0.3) is 0 Å². The SMILES string of the molecule is C=CCC(NN)c1ccccc1OC(C)C. The van der Waals surface area contributed by atoms with Gasteiger partial charge in [-0.15, -0.1) is 6.58 Å². The Morgan fingerprint density at radius 2 is 2.12 bits per heavy atom. The first-order valence-electron chi connectivity index (χ1n) is 5.51. The lowest BCUT2D eigenvalue weighted by Crippen LogP contribution is -2.28. The Hall–Kier alpha value is -1.32. The third-order valence-corrected chi connectivity index (χ3v) is 2.26. The standard InChI is InChI=1S/C13H20N2O/c1-4-7-12(15-14)11-8-5-6-9-13(11)16-10(2)3/h4-6,8-10,12,15H,1,7,14H2,2-3H3. The van der Waals surface area contributed by atoms with Gasteiger partial charge in [-0.25, -0.2) is 0 Å². The van der Waals surface area contributed by atoms with E-state index in [1.807, 2.05) is 44.2 Å². The molecule has 1 aromatic rings. The fourth-order valence-electron chi connectivity index (χ4n) is 1.58. The van der Waals surface area contributed by atoms with E-state index in [9.17, 15) is 0 Å². The topological polar surface area (TPSA) is 47.3 Å². The van der Waals surface area contributed by atoms with E-state index in [4.69, 9.17) is 10.6 Å². The van der Waals surface area contributed by atoms with Crippen molar-refractivity contribution in [2.24, 2.45) is 5.84 Å². The highest BCUT2D eigenvalue weighted by Crippen LogP contribution is 2.27. The largest absolute Gasteiger partial charge is 0.491 e. The summed E-state index contributed by atoms with van der Waals surface area (Å²) in [5.74, 6) is 6.41. The van der Waals surface area contributed by atoms with E-state index in [0.29, 0.717) is 0 Å². The zero-order valence-corrected chi connectivity index (χ0v) is 9.94. The van der Waals surface area contributed by atoms with Crippen molar-refractivity contribution >= 4 is 0 Å². The van der Waals surface area contributed by atoms with Crippen LogP contribution in [0.25, 0.3) is 0 Å². The fourth-order valence-corrected chi connectivity index (χ4v) is 1.58. The lowest BCUT2D eigenvalue weighted by Gasteiger charge is -2.20. The first-order chi connectivity index (χ1) is 7.69. The number of hydrogen-bond donors (Lipinski definition) is 2. The predicted molar refractivity (Wildman–Crippen MR) is 67.1 cm³/mol. The van der Waals surface area contributed by atoms with Crippen LogP contribution in [0.1, 0.15) is 31.9 Å². The van der Waals surface area contributed by atoms with Crippen LogP contribution in [0, 0.1) is 0 Å². The summed E-state index contributed by atoms with van der Waals surface area (Å²) in [5, 5.41) is 0. The number of ether oxygens (including phenoxy) is 1. The van der Waals surface area contributed by atoms with Crippen molar-refractivity contribution in [1.82, 2.24) is 5.43 Å². The second-order valence-corrected chi connectivity index (χ2v) is 3.95. The van der Waals surface area contributed by atoms with Crippen LogP contribution in [0.2, 0.25) is 0 Å². The van der Waals surface area contributed by atoms with Crippen LogP contribution >= 0.6 is 0 Å². The second-order valence-electron chi connectivity index (χ2n) is 3.95. The van der Waals surface area contributed by atoms with E-state index in [-0.39, 0.29) is 12.1 Å². The predicted octanol–water partition coefficient (Wildman–Crippen LogP) is 2.55. The monoisotopic (exact) mass is 220 g/mol. The van der Waals surface area contributed by atoms with Crippen molar-refractivity contribution in [2.45, 2.75) is 32.4 Å². The maximum atomic E-state index is 5.74. The molecule has 16 heavy (non-hydrogen) atoms. The van der Waals surface area contributed by atoms with E-state index >= 15 is 0 Å². The third kappa shape index (κ3) is 3.36. The molecule has 0 aliphatic carbocycles. The number of para-hydroxylation sites is 1. The molecule has 1 aromatic carbocycles. The van der Waals surface area contributed by atoms with Crippen LogP contribution in [0.3, 0.4) is 0 Å². The van der Waals surface area contributed by atoms with Gasteiger partial charge in [-0.1, -0.05) is 24.3 Å². The first-order valence-corrected chi connectivity index (χ1v) is 5.51. The molecule has 1 unspecified atom stereocenters. The van der Waals surface area contributed by atoms with Crippen LogP contribution < -0.4 is 16.0 Å². The zero-order valence-electron chi connectivity index (χ0n) is 9.94. The molecular weight excluding hydrogens is 200 g/mol. The molecule has 0 radical (unpaired) electrons. The van der Waals surface area contributed by atoms with E-state index < -0.39 is 0 Å². The normalized spacial score (nSPS) is 12.5. The van der Waals surface area contributed by atoms with Gasteiger partial charge in [-0.3, -0.25) is 11.3 Å². The summed E-state index contributed by atoms with van der Waals surface area (Å²) in [5.41, 5.74) is 3.85. The van der Waals surface area contributed by atoms with Gasteiger partial charge in [-0.2, -0.15) is 0 Å². The summed E-state index contributed by atoms with van der Waals surface area (Å²) in [6.45, 7) is 7.75. The maximum Gasteiger partial charge on any atom is 0.124 e. The minimum atomic E-state index is 0.0486. The van der Waals surface area contributed by atoms with Crippen LogP contribution in [0.5, 0.6) is 5.75 Å². The van der Waals surface area contributed by atoms with E-state index in [1.54, 1.807) is 0 Å². The minimum absolute atomic E-state index is 0.0486. The molecule has 0 heterocycles.